The van der Waals surface area contributed by atoms with Crippen LogP contribution in [0.5, 0.6) is 0 Å². The van der Waals surface area contributed by atoms with Gasteiger partial charge in [0, 0.05) is 6.42 Å². The first kappa shape index (κ1) is 13.4. The van der Waals surface area contributed by atoms with Crippen LogP contribution in [0.15, 0.2) is 0 Å². The van der Waals surface area contributed by atoms with E-state index < -0.39 is 0 Å². The Morgan fingerprint density at radius 3 is 1.56 bits per heavy atom. The van der Waals surface area contributed by atoms with Gasteiger partial charge in [0.05, 0.1) is 0 Å². The summed E-state index contributed by atoms with van der Waals surface area (Å²) in [6, 6.07) is 0. The molecule has 0 aliphatic heterocycles. The molecule has 1 nitrogen and oxygen atoms in total. The summed E-state index contributed by atoms with van der Waals surface area (Å²) in [5, 5.41) is 0. The molecule has 0 rings (SSSR count). The van der Waals surface area contributed by atoms with Gasteiger partial charge in [-0.2, -0.15) is 0 Å². The van der Waals surface area contributed by atoms with Crippen LogP contribution in [0.25, 0.3) is 0 Å². The highest BCUT2D eigenvalue weighted by Crippen LogP contribution is 2.16. The summed E-state index contributed by atoms with van der Waals surface area (Å²) in [6.45, 7) is 3.43. The van der Waals surface area contributed by atoms with Gasteiger partial charge >= 0.3 is 0 Å². The fraction of sp³-hybridized carbons (Fsp3) is 0.800. The van der Waals surface area contributed by atoms with Gasteiger partial charge in [0.1, 0.15) is 5.72 Å². The molecule has 0 aliphatic carbocycles. The number of Topliss-reactive ketones (excluding diaryl/α,β-unsaturated/α-hetero) is 1. The van der Waals surface area contributed by atoms with Gasteiger partial charge in [0.15, 0.2) is 0 Å². The van der Waals surface area contributed by atoms with Crippen molar-refractivity contribution in [1.82, 2.24) is 0 Å². The third-order valence-electron chi connectivity index (χ3n) is 0.498. The Hall–Kier alpha value is 1.86. The van der Waals surface area contributed by atoms with Crippen molar-refractivity contribution in [3.63, 3.8) is 0 Å². The lowest BCUT2D eigenvalue weighted by Crippen LogP contribution is -1.80. The van der Waals surface area contributed by atoms with Crippen molar-refractivity contribution in [2.24, 2.45) is 0 Å². The third kappa shape index (κ3) is 40.9. The number of alkyl halides is 3. The molecule has 0 atom stereocenters. The van der Waals surface area contributed by atoms with Crippen LogP contribution < -0.4 is 0 Å². The van der Waals surface area contributed by atoms with Crippen LogP contribution in [-0.2, 0) is 4.79 Å². The predicted molar refractivity (Wildman–Crippen MR) is 66.8 cm³/mol. The molecule has 0 spiro atoms. The van der Waals surface area contributed by atoms with E-state index >= 15 is 0 Å². The molecular formula is C5H9I3O. The van der Waals surface area contributed by atoms with Crippen LogP contribution in [0.2, 0.25) is 0 Å². The highest BCUT2D eigenvalue weighted by molar-refractivity contribution is 14.3. The molecule has 0 aliphatic rings. The molecule has 0 bridgehead atoms. The van der Waals surface area contributed by atoms with Crippen LogP contribution in [0, 0.1) is 0 Å². The van der Waals surface area contributed by atoms with Gasteiger partial charge in [0.2, 0.25) is 0 Å². The second-order valence-corrected chi connectivity index (χ2v) is 12.2. The second kappa shape index (κ2) is 9.86. The minimum atomic E-state index is 0.255. The Morgan fingerprint density at radius 2 is 1.56 bits per heavy atom. The van der Waals surface area contributed by atoms with Gasteiger partial charge in [-0.3, -0.25) is 0 Å². The zero-order valence-electron chi connectivity index (χ0n) is 5.33. The van der Waals surface area contributed by atoms with Crippen molar-refractivity contribution < 1.29 is 4.79 Å². The summed E-state index contributed by atoms with van der Waals surface area (Å²) in [7, 11) is 0. The van der Waals surface area contributed by atoms with Gasteiger partial charge in [-0.25, -0.2) is 0 Å². The maximum atomic E-state index is 9.81. The van der Waals surface area contributed by atoms with Gasteiger partial charge in [-0.1, -0.05) is 74.7 Å². The largest absolute Gasteiger partial charge is 0.300 e. The van der Waals surface area contributed by atoms with E-state index in [4.69, 9.17) is 0 Å². The number of hydrogen-bond acceptors (Lipinski definition) is 1. The SMILES string of the molecule is CCC(C)=O.IC(I)I. The first-order valence-electron chi connectivity index (χ1n) is 2.42. The molecule has 56 valence electrons. The van der Waals surface area contributed by atoms with Gasteiger partial charge in [-0.15, -0.1) is 0 Å². The molecular weight excluding hydrogens is 457 g/mol. The van der Waals surface area contributed by atoms with E-state index in [-0.39, 0.29) is 5.78 Å². The van der Waals surface area contributed by atoms with Gasteiger partial charge in [-0.05, 0) is 6.92 Å². The fourth-order valence-corrected chi connectivity index (χ4v) is 0. The van der Waals surface area contributed by atoms with Crippen LogP contribution >= 0.6 is 67.8 Å². The fourth-order valence-electron chi connectivity index (χ4n) is 0. The third-order valence-corrected chi connectivity index (χ3v) is 0.498. The van der Waals surface area contributed by atoms with E-state index in [2.05, 4.69) is 67.8 Å². The molecule has 0 saturated carbocycles. The summed E-state index contributed by atoms with van der Waals surface area (Å²) in [4.78, 5) is 9.81. The van der Waals surface area contributed by atoms with E-state index in [1.54, 1.807) is 6.92 Å². The van der Waals surface area contributed by atoms with Crippen LogP contribution in [0.1, 0.15) is 20.3 Å². The maximum absolute atomic E-state index is 9.81. The number of ketones is 1. The number of carbonyl (C=O) groups excluding carboxylic acids is 1. The minimum Gasteiger partial charge on any atom is -0.300 e. The minimum absolute atomic E-state index is 0.255. The van der Waals surface area contributed by atoms with E-state index in [0.29, 0.717) is 6.42 Å². The molecule has 4 heteroatoms. The van der Waals surface area contributed by atoms with Crippen molar-refractivity contribution in [2.75, 3.05) is 0 Å². The highest BCUT2D eigenvalue weighted by atomic mass is 127. The molecule has 0 unspecified atom stereocenters. The normalized spacial score (nSPS) is 8.22. The number of carbonyl (C=O) groups is 1. The van der Waals surface area contributed by atoms with Crippen molar-refractivity contribution in [3.8, 4) is 0 Å². The summed E-state index contributed by atoms with van der Waals surface area (Å²) in [5.74, 6) is 0.255. The first-order chi connectivity index (χ1) is 4.00. The molecule has 9 heavy (non-hydrogen) atoms. The Balaban J connectivity index is 0. The number of hydrogen-bond donors (Lipinski definition) is 0. The molecule has 0 heterocycles. The lowest BCUT2D eigenvalue weighted by molar-refractivity contribution is -0.116. The topological polar surface area (TPSA) is 17.1 Å². The maximum Gasteiger partial charge on any atom is 0.129 e. The zero-order valence-corrected chi connectivity index (χ0v) is 11.8. The number of rotatable bonds is 1. The monoisotopic (exact) mass is 466 g/mol. The molecule has 0 N–H and O–H groups in total. The molecule has 0 saturated heterocycles. The number of halogens is 3. The van der Waals surface area contributed by atoms with Crippen LogP contribution in [0.3, 0.4) is 0 Å². The lowest BCUT2D eigenvalue weighted by Gasteiger charge is -1.71. The van der Waals surface area contributed by atoms with Crippen molar-refractivity contribution in [2.45, 2.75) is 20.2 Å². The Kier molecular flexibility index (Phi) is 14.7. The van der Waals surface area contributed by atoms with E-state index in [0.717, 1.165) is -0.0619 Å². The molecule has 0 amide bonds. The summed E-state index contributed by atoms with van der Waals surface area (Å²) >= 11 is 6.95. The summed E-state index contributed by atoms with van der Waals surface area (Å²) in [5.41, 5.74) is 0. The average Bonchev–Trinajstić information content (AvgIpc) is 1.65. The highest BCUT2D eigenvalue weighted by Gasteiger charge is 1.77. The van der Waals surface area contributed by atoms with Gasteiger partial charge < -0.3 is 4.79 Å². The quantitative estimate of drug-likeness (QED) is 0.427. The Bertz CT molecular complexity index is 69.8. The zero-order chi connectivity index (χ0) is 7.86. The molecule has 0 fully saturated rings. The summed E-state index contributed by atoms with van der Waals surface area (Å²) < 4.78 is 0.743. The predicted octanol–water partition coefficient (Wildman–Crippen LogP) is 3.56. The summed E-state index contributed by atoms with van der Waals surface area (Å²) in [6.07, 6.45) is 0.667. The molecule has 0 aromatic heterocycles. The Labute approximate surface area is 97.2 Å². The van der Waals surface area contributed by atoms with E-state index in [9.17, 15) is 4.79 Å². The lowest BCUT2D eigenvalue weighted by atomic mass is 10.4. The Morgan fingerprint density at radius 1 is 1.44 bits per heavy atom. The van der Waals surface area contributed by atoms with E-state index in [1.807, 2.05) is 6.92 Å². The van der Waals surface area contributed by atoms with Crippen LogP contribution in [-0.4, -0.2) is 5.72 Å². The first-order valence-corrected chi connectivity index (χ1v) is 6.16. The molecule has 0 radical (unpaired) electrons. The van der Waals surface area contributed by atoms with Crippen molar-refractivity contribution in [3.05, 3.63) is 0 Å². The van der Waals surface area contributed by atoms with Gasteiger partial charge in [0.25, 0.3) is 0 Å². The van der Waals surface area contributed by atoms with E-state index in [1.165, 1.54) is 0 Å². The van der Waals surface area contributed by atoms with Crippen molar-refractivity contribution >= 4 is 73.6 Å². The van der Waals surface area contributed by atoms with Crippen LogP contribution in [0.4, 0.5) is 0 Å². The standard InChI is InChI=1S/C4H8O.CHI3/c1-3-4(2)5;2-1(3)4/h3H2,1-2H3;1H. The average molecular weight is 466 g/mol. The smallest absolute Gasteiger partial charge is 0.129 e. The molecule has 0 aromatic rings. The molecule has 0 aromatic carbocycles. The second-order valence-electron chi connectivity index (χ2n) is 1.30. The van der Waals surface area contributed by atoms with Crippen molar-refractivity contribution in [1.29, 1.82) is 0 Å².